The molecule has 0 aliphatic carbocycles. The Labute approximate surface area is 147 Å². The number of nitrogens with one attached hydrogen (secondary N) is 1. The third-order valence-electron chi connectivity index (χ3n) is 4.04. The minimum atomic E-state index is -0.201. The molecule has 0 radical (unpaired) electrons. The van der Waals surface area contributed by atoms with Crippen LogP contribution < -0.4 is 11.1 Å². The van der Waals surface area contributed by atoms with Crippen molar-refractivity contribution in [1.29, 1.82) is 0 Å². The average Bonchev–Trinajstić information content (AvgIpc) is 2.99. The molecular formula is C19H22N4O2. The lowest BCUT2D eigenvalue weighted by Gasteiger charge is -2.08. The highest BCUT2D eigenvalue weighted by molar-refractivity contribution is 6.03. The van der Waals surface area contributed by atoms with Crippen LogP contribution in [0.5, 0.6) is 0 Å². The molecule has 1 aliphatic heterocycles. The zero-order chi connectivity index (χ0) is 17.8. The molecule has 1 aromatic heterocycles. The molecule has 25 heavy (non-hydrogen) atoms. The van der Waals surface area contributed by atoms with Gasteiger partial charge in [0.25, 0.3) is 11.9 Å². The van der Waals surface area contributed by atoms with Gasteiger partial charge in [0.2, 0.25) is 0 Å². The lowest BCUT2D eigenvalue weighted by Crippen LogP contribution is -2.14. The van der Waals surface area contributed by atoms with E-state index in [1.54, 1.807) is 6.07 Å². The summed E-state index contributed by atoms with van der Waals surface area (Å²) in [7, 11) is 0. The molecule has 0 saturated heterocycles. The van der Waals surface area contributed by atoms with Gasteiger partial charge in [0.1, 0.15) is 12.3 Å². The van der Waals surface area contributed by atoms with Gasteiger partial charge < -0.3 is 15.8 Å². The van der Waals surface area contributed by atoms with Crippen molar-refractivity contribution in [1.82, 2.24) is 4.98 Å². The van der Waals surface area contributed by atoms with E-state index in [4.69, 9.17) is 10.5 Å². The average molecular weight is 338 g/mol. The largest absolute Gasteiger partial charge is 0.463 e. The molecule has 6 nitrogen and oxygen atoms in total. The first-order chi connectivity index (χ1) is 12.0. The fourth-order valence-electron chi connectivity index (χ4n) is 2.82. The maximum absolute atomic E-state index is 12.3. The lowest BCUT2D eigenvalue weighted by molar-refractivity contribution is 0.102. The molecule has 1 amide bonds. The molecular weight excluding hydrogens is 316 g/mol. The molecule has 1 atom stereocenters. The number of aliphatic imine (C=N–C) groups is 1. The van der Waals surface area contributed by atoms with E-state index in [9.17, 15) is 4.79 Å². The number of nitrogens with two attached hydrogens (primary N) is 1. The van der Waals surface area contributed by atoms with Crippen molar-refractivity contribution in [3.63, 3.8) is 0 Å². The Morgan fingerprint density at radius 1 is 1.28 bits per heavy atom. The van der Waals surface area contributed by atoms with Crippen LogP contribution in [-0.4, -0.2) is 29.6 Å². The molecule has 130 valence electrons. The van der Waals surface area contributed by atoms with Crippen LogP contribution in [0, 0.1) is 13.8 Å². The van der Waals surface area contributed by atoms with Gasteiger partial charge in [-0.2, -0.15) is 0 Å². The number of benzene rings is 1. The second-order valence-electron chi connectivity index (χ2n) is 6.29. The smallest absolute Gasteiger partial charge is 0.282 e. The van der Waals surface area contributed by atoms with Crippen molar-refractivity contribution < 1.29 is 9.53 Å². The Morgan fingerprint density at radius 3 is 2.68 bits per heavy atom. The van der Waals surface area contributed by atoms with Gasteiger partial charge in [0, 0.05) is 11.4 Å². The van der Waals surface area contributed by atoms with Gasteiger partial charge in [-0.1, -0.05) is 12.1 Å². The Bertz CT molecular complexity index is 779. The van der Waals surface area contributed by atoms with Crippen LogP contribution in [-0.2, 0) is 11.2 Å². The first-order valence-corrected chi connectivity index (χ1v) is 8.31. The van der Waals surface area contributed by atoms with E-state index in [2.05, 4.69) is 15.3 Å². The molecule has 0 saturated carbocycles. The predicted molar refractivity (Wildman–Crippen MR) is 97.8 cm³/mol. The minimum Gasteiger partial charge on any atom is -0.463 e. The standard InChI is InChI=1S/C19H22N4O2/c1-12-9-13(2)21-17(10-12)18(24)22-15-6-3-14(4-7-15)5-8-16-11-25-19(20)23-16/h3-4,6-7,9-10,16H,5,8,11H2,1-2H3,(H2,20,23)(H,22,24)/t16-/m0/s1. The summed E-state index contributed by atoms with van der Waals surface area (Å²) in [5.74, 6) is -0.201. The number of carbonyl (C=O) groups excluding carboxylic acids is 1. The van der Waals surface area contributed by atoms with Gasteiger partial charge in [0.15, 0.2) is 0 Å². The molecule has 0 unspecified atom stereocenters. The summed E-state index contributed by atoms with van der Waals surface area (Å²) in [5.41, 5.74) is 9.73. The molecule has 3 N–H and O–H groups in total. The van der Waals surface area contributed by atoms with Gasteiger partial charge in [-0.25, -0.2) is 9.98 Å². The van der Waals surface area contributed by atoms with Crippen molar-refractivity contribution in [2.45, 2.75) is 32.7 Å². The summed E-state index contributed by atoms with van der Waals surface area (Å²) in [4.78, 5) is 20.8. The number of ether oxygens (including phenoxy) is 1. The van der Waals surface area contributed by atoms with E-state index < -0.39 is 0 Å². The van der Waals surface area contributed by atoms with Crippen molar-refractivity contribution in [2.75, 3.05) is 11.9 Å². The Hall–Kier alpha value is -2.89. The van der Waals surface area contributed by atoms with Crippen molar-refractivity contribution in [3.05, 3.63) is 58.9 Å². The fourth-order valence-corrected chi connectivity index (χ4v) is 2.82. The zero-order valence-corrected chi connectivity index (χ0v) is 14.5. The van der Waals surface area contributed by atoms with Crippen LogP contribution in [0.15, 0.2) is 41.4 Å². The van der Waals surface area contributed by atoms with Crippen molar-refractivity contribution in [2.24, 2.45) is 10.7 Å². The highest BCUT2D eigenvalue weighted by Gasteiger charge is 2.16. The summed E-state index contributed by atoms with van der Waals surface area (Å²) >= 11 is 0. The monoisotopic (exact) mass is 338 g/mol. The normalized spacial score (nSPS) is 16.2. The van der Waals surface area contributed by atoms with Crippen LogP contribution in [0.1, 0.15) is 33.7 Å². The minimum absolute atomic E-state index is 0.134. The summed E-state index contributed by atoms with van der Waals surface area (Å²) in [6.45, 7) is 4.39. The number of rotatable bonds is 5. The van der Waals surface area contributed by atoms with Gasteiger partial charge in [-0.3, -0.25) is 4.79 Å². The summed E-state index contributed by atoms with van der Waals surface area (Å²) < 4.78 is 5.15. The molecule has 1 aliphatic rings. The third kappa shape index (κ3) is 4.56. The van der Waals surface area contributed by atoms with Crippen LogP contribution >= 0.6 is 0 Å². The molecule has 2 aromatic rings. The van der Waals surface area contributed by atoms with Gasteiger partial charge in [0.05, 0.1) is 6.04 Å². The van der Waals surface area contributed by atoms with E-state index >= 15 is 0 Å². The Morgan fingerprint density at radius 2 is 2.04 bits per heavy atom. The van der Waals surface area contributed by atoms with Crippen molar-refractivity contribution >= 4 is 17.6 Å². The summed E-state index contributed by atoms with van der Waals surface area (Å²) in [6.07, 6.45) is 1.77. The second-order valence-corrected chi connectivity index (χ2v) is 6.29. The summed E-state index contributed by atoms with van der Waals surface area (Å²) in [6, 6.07) is 12.0. The van der Waals surface area contributed by atoms with E-state index in [0.29, 0.717) is 12.3 Å². The SMILES string of the molecule is Cc1cc(C)nc(C(=O)Nc2ccc(CC[C@H]3COC(N)=N3)cc2)c1. The Balaban J connectivity index is 1.57. The third-order valence-corrected chi connectivity index (χ3v) is 4.04. The highest BCUT2D eigenvalue weighted by atomic mass is 16.5. The number of amidine groups is 1. The van der Waals surface area contributed by atoms with Crippen LogP contribution in [0.4, 0.5) is 5.69 Å². The molecule has 0 spiro atoms. The quantitative estimate of drug-likeness (QED) is 0.877. The van der Waals surface area contributed by atoms with E-state index in [1.807, 2.05) is 44.2 Å². The number of hydrogen-bond donors (Lipinski definition) is 2. The first kappa shape index (κ1) is 17.0. The van der Waals surface area contributed by atoms with Gasteiger partial charge in [-0.15, -0.1) is 0 Å². The number of carbonyl (C=O) groups is 1. The maximum Gasteiger partial charge on any atom is 0.282 e. The molecule has 0 bridgehead atoms. The number of amides is 1. The molecule has 0 fully saturated rings. The number of aryl methyl sites for hydroxylation is 3. The predicted octanol–water partition coefficient (Wildman–Crippen LogP) is 2.60. The van der Waals surface area contributed by atoms with Crippen LogP contribution in [0.25, 0.3) is 0 Å². The fraction of sp³-hybridized carbons (Fsp3) is 0.316. The topological polar surface area (TPSA) is 89.6 Å². The van der Waals surface area contributed by atoms with Gasteiger partial charge >= 0.3 is 0 Å². The maximum atomic E-state index is 12.3. The molecule has 2 heterocycles. The second kappa shape index (κ2) is 7.34. The van der Waals surface area contributed by atoms with E-state index in [1.165, 1.54) is 5.56 Å². The lowest BCUT2D eigenvalue weighted by atomic mass is 10.1. The molecule has 3 rings (SSSR count). The zero-order valence-electron chi connectivity index (χ0n) is 14.5. The molecule has 1 aromatic carbocycles. The van der Waals surface area contributed by atoms with Crippen LogP contribution in [0.2, 0.25) is 0 Å². The van der Waals surface area contributed by atoms with Crippen molar-refractivity contribution in [3.8, 4) is 0 Å². The number of nitrogens with zero attached hydrogens (tertiary/aromatic N) is 2. The summed E-state index contributed by atoms with van der Waals surface area (Å²) in [5, 5.41) is 2.88. The van der Waals surface area contributed by atoms with Gasteiger partial charge in [-0.05, 0) is 62.1 Å². The number of pyridine rings is 1. The van der Waals surface area contributed by atoms with E-state index in [0.717, 1.165) is 29.8 Å². The number of anilines is 1. The number of hydrogen-bond acceptors (Lipinski definition) is 5. The highest BCUT2D eigenvalue weighted by Crippen LogP contribution is 2.15. The Kier molecular flexibility index (Phi) is 4.97. The number of aromatic nitrogens is 1. The molecule has 6 heteroatoms. The van der Waals surface area contributed by atoms with Crippen LogP contribution in [0.3, 0.4) is 0 Å². The first-order valence-electron chi connectivity index (χ1n) is 8.31. The van der Waals surface area contributed by atoms with E-state index in [-0.39, 0.29) is 18.0 Å².